The molecule has 0 atom stereocenters. The van der Waals surface area contributed by atoms with Gasteiger partial charge in [-0.15, -0.1) is 0 Å². The maximum absolute atomic E-state index is 6.12. The average Bonchev–Trinajstić information content (AvgIpc) is 3.90. The van der Waals surface area contributed by atoms with Crippen LogP contribution in [-0.4, -0.2) is 24.3 Å². The van der Waals surface area contributed by atoms with Crippen molar-refractivity contribution in [2.24, 2.45) is 0 Å². The molecule has 6 heteroatoms. The van der Waals surface area contributed by atoms with Gasteiger partial charge in [0.1, 0.15) is 22.5 Å². The van der Waals surface area contributed by atoms with Crippen LogP contribution >= 0.6 is 0 Å². The topological polar surface area (TPSA) is 69.1 Å². The summed E-state index contributed by atoms with van der Waals surface area (Å²) < 4.78 is 8.36. The van der Waals surface area contributed by atoms with Crippen LogP contribution in [0.15, 0.2) is 193 Å². The minimum atomic E-state index is 0.773. The number of furan rings is 1. The van der Waals surface area contributed by atoms with Gasteiger partial charge in [-0.3, -0.25) is 9.38 Å². The fraction of sp³-hybridized carbons (Fsp3) is 0. The molecule has 60 heavy (non-hydrogen) atoms. The van der Waals surface area contributed by atoms with Gasteiger partial charge in [0.15, 0.2) is 0 Å². The number of rotatable bonds is 4. The predicted molar refractivity (Wildman–Crippen MR) is 245 cm³/mol. The highest BCUT2D eigenvalue weighted by molar-refractivity contribution is 6.24. The molecular formula is C54H31N5O. The Balaban J connectivity index is 0.946. The van der Waals surface area contributed by atoms with Gasteiger partial charge in [0.05, 0.1) is 33.5 Å². The molecule has 6 nitrogen and oxygen atoms in total. The van der Waals surface area contributed by atoms with Gasteiger partial charge in [0.25, 0.3) is 0 Å². The Morgan fingerprint density at radius 1 is 0.400 bits per heavy atom. The largest absolute Gasteiger partial charge is 0.456 e. The number of hydrogen-bond donors (Lipinski definition) is 0. The van der Waals surface area contributed by atoms with Gasteiger partial charge in [0, 0.05) is 44.9 Å². The second kappa shape index (κ2) is 12.6. The zero-order valence-electron chi connectivity index (χ0n) is 32.0. The Bertz CT molecular complexity index is 3890. The van der Waals surface area contributed by atoms with Crippen LogP contribution < -0.4 is 0 Å². The van der Waals surface area contributed by atoms with E-state index < -0.39 is 0 Å². The van der Waals surface area contributed by atoms with E-state index in [0.29, 0.717) is 0 Å². The lowest BCUT2D eigenvalue weighted by Crippen LogP contribution is -1.97. The van der Waals surface area contributed by atoms with Gasteiger partial charge in [-0.2, -0.15) is 0 Å². The zero-order chi connectivity index (χ0) is 39.3. The van der Waals surface area contributed by atoms with Crippen molar-refractivity contribution in [3.63, 3.8) is 0 Å². The molecule has 0 aliphatic rings. The number of benzene rings is 8. The molecule has 0 aliphatic carbocycles. The number of nitrogens with zero attached hydrogens (tertiary/aromatic N) is 5. The predicted octanol–water partition coefficient (Wildman–Crippen LogP) is 13.9. The molecule has 0 aliphatic heterocycles. The lowest BCUT2D eigenvalue weighted by Gasteiger charge is -2.13. The maximum Gasteiger partial charge on any atom is 0.138 e. The average molecular weight is 766 g/mol. The minimum Gasteiger partial charge on any atom is -0.456 e. The van der Waals surface area contributed by atoms with Crippen LogP contribution in [0, 0.1) is 0 Å². The van der Waals surface area contributed by atoms with Crippen LogP contribution in [0.5, 0.6) is 0 Å². The van der Waals surface area contributed by atoms with Crippen molar-refractivity contribution in [2.45, 2.75) is 0 Å². The standard InChI is InChI=1S/C54H31N5O/c1-2-10-32(11-3-1)50-53(45-15-8-9-26-55-45)56-46-23-19-37-28-33(17-21-38(37)51(46)58-50)34-18-22-42-43(29-34)39-12-4-5-14-41(39)52-54(42)59-27-25-36(31-49(59)57-52)35-20-24-48-44(30-35)40-13-6-7-16-47(40)60-48/h1-31H. The maximum atomic E-state index is 6.12. The van der Waals surface area contributed by atoms with E-state index in [2.05, 4.69) is 143 Å². The first-order valence-corrected chi connectivity index (χ1v) is 20.1. The van der Waals surface area contributed by atoms with Gasteiger partial charge in [0.2, 0.25) is 0 Å². The van der Waals surface area contributed by atoms with Crippen LogP contribution in [0.2, 0.25) is 0 Å². The number of fused-ring (bicyclic) bond motifs is 14. The number of aromatic nitrogens is 5. The smallest absolute Gasteiger partial charge is 0.138 e. The molecule has 0 fully saturated rings. The van der Waals surface area contributed by atoms with Crippen molar-refractivity contribution in [2.75, 3.05) is 0 Å². The summed E-state index contributed by atoms with van der Waals surface area (Å²) in [6, 6.07) is 61.6. The molecule has 13 aromatic rings. The van der Waals surface area contributed by atoms with Gasteiger partial charge in [-0.05, 0) is 99.1 Å². The van der Waals surface area contributed by atoms with Crippen LogP contribution in [0.25, 0.3) is 127 Å². The molecule has 0 unspecified atom stereocenters. The molecule has 278 valence electrons. The van der Waals surface area contributed by atoms with Gasteiger partial charge >= 0.3 is 0 Å². The van der Waals surface area contributed by atoms with E-state index in [4.69, 9.17) is 19.4 Å². The highest BCUT2D eigenvalue weighted by Gasteiger charge is 2.18. The summed E-state index contributed by atoms with van der Waals surface area (Å²) in [4.78, 5) is 20.4. The molecule has 0 amide bonds. The van der Waals surface area contributed by atoms with Crippen molar-refractivity contribution < 1.29 is 4.42 Å². The molecule has 5 heterocycles. The first-order valence-electron chi connectivity index (χ1n) is 20.1. The van der Waals surface area contributed by atoms with E-state index in [-0.39, 0.29) is 0 Å². The third kappa shape index (κ3) is 4.94. The van der Waals surface area contributed by atoms with Gasteiger partial charge in [-0.25, -0.2) is 15.0 Å². The van der Waals surface area contributed by atoms with E-state index in [0.717, 1.165) is 116 Å². The number of para-hydroxylation sites is 1. The number of pyridine rings is 2. The number of imidazole rings is 1. The zero-order valence-corrected chi connectivity index (χ0v) is 32.0. The Hall–Kier alpha value is -8.22. The van der Waals surface area contributed by atoms with E-state index in [9.17, 15) is 0 Å². The Labute approximate surface area is 342 Å². The second-order valence-electron chi connectivity index (χ2n) is 15.4. The van der Waals surface area contributed by atoms with Crippen molar-refractivity contribution in [1.82, 2.24) is 24.3 Å². The summed E-state index contributed by atoms with van der Waals surface area (Å²) in [5.74, 6) is 0. The summed E-state index contributed by atoms with van der Waals surface area (Å²) in [6.45, 7) is 0. The number of hydrogen-bond acceptors (Lipinski definition) is 5. The summed E-state index contributed by atoms with van der Waals surface area (Å²) in [6.07, 6.45) is 3.97. The highest BCUT2D eigenvalue weighted by Crippen LogP contribution is 2.40. The lowest BCUT2D eigenvalue weighted by molar-refractivity contribution is 0.669. The van der Waals surface area contributed by atoms with E-state index in [1.54, 1.807) is 6.20 Å². The van der Waals surface area contributed by atoms with Crippen LogP contribution in [0.3, 0.4) is 0 Å². The van der Waals surface area contributed by atoms with Gasteiger partial charge < -0.3 is 4.42 Å². The molecular weight excluding hydrogens is 735 g/mol. The summed E-state index contributed by atoms with van der Waals surface area (Å²) in [5.41, 5.74) is 14.4. The molecule has 0 N–H and O–H groups in total. The monoisotopic (exact) mass is 765 g/mol. The van der Waals surface area contributed by atoms with Crippen LogP contribution in [0.1, 0.15) is 0 Å². The first-order chi connectivity index (χ1) is 29.7. The van der Waals surface area contributed by atoms with E-state index in [1.165, 1.54) is 10.8 Å². The van der Waals surface area contributed by atoms with Crippen LogP contribution in [0.4, 0.5) is 0 Å². The van der Waals surface area contributed by atoms with Crippen molar-refractivity contribution in [3.8, 4) is 44.9 Å². The molecule has 0 bridgehead atoms. The van der Waals surface area contributed by atoms with Gasteiger partial charge in [-0.1, -0.05) is 115 Å². The molecule has 0 spiro atoms. The highest BCUT2D eigenvalue weighted by atomic mass is 16.3. The third-order valence-electron chi connectivity index (χ3n) is 12.0. The minimum absolute atomic E-state index is 0.773. The fourth-order valence-corrected chi connectivity index (χ4v) is 9.16. The summed E-state index contributed by atoms with van der Waals surface area (Å²) in [5, 5.41) is 9.08. The molecule has 8 aromatic carbocycles. The first kappa shape index (κ1) is 32.8. The van der Waals surface area contributed by atoms with Crippen molar-refractivity contribution in [1.29, 1.82) is 0 Å². The summed E-state index contributed by atoms with van der Waals surface area (Å²) >= 11 is 0. The quantitative estimate of drug-likeness (QED) is 0.167. The summed E-state index contributed by atoms with van der Waals surface area (Å²) in [7, 11) is 0. The fourth-order valence-electron chi connectivity index (χ4n) is 9.16. The van der Waals surface area contributed by atoms with Crippen molar-refractivity contribution >= 4 is 82.0 Å². The second-order valence-corrected chi connectivity index (χ2v) is 15.4. The molecule has 0 saturated carbocycles. The lowest BCUT2D eigenvalue weighted by atomic mass is 9.94. The molecule has 13 rings (SSSR count). The molecule has 0 radical (unpaired) electrons. The Kier molecular flexibility index (Phi) is 6.91. The van der Waals surface area contributed by atoms with E-state index in [1.807, 2.05) is 48.5 Å². The third-order valence-corrected chi connectivity index (χ3v) is 12.0. The van der Waals surface area contributed by atoms with Crippen molar-refractivity contribution in [3.05, 3.63) is 188 Å². The Morgan fingerprint density at radius 3 is 1.98 bits per heavy atom. The molecule has 5 aromatic heterocycles. The Morgan fingerprint density at radius 2 is 1.12 bits per heavy atom. The van der Waals surface area contributed by atoms with E-state index >= 15 is 0 Å². The SMILES string of the molecule is c1ccc(-c2nc3c(ccc4cc(-c5ccc6c(c5)c5ccccc5c5nc7cc(-c8ccc9oc%10ccccc%10c9c8)ccn7c65)ccc43)nc2-c2ccccn2)cc1. The molecule has 0 saturated heterocycles. The normalized spacial score (nSPS) is 12.0. The van der Waals surface area contributed by atoms with Crippen LogP contribution in [-0.2, 0) is 0 Å².